The van der Waals surface area contributed by atoms with E-state index in [-0.39, 0.29) is 5.60 Å². The molecule has 1 saturated heterocycles. The summed E-state index contributed by atoms with van der Waals surface area (Å²) in [5.74, 6) is 0.445. The summed E-state index contributed by atoms with van der Waals surface area (Å²) in [6.07, 6.45) is 6.13. The molecule has 3 heterocycles. The molecule has 1 aliphatic carbocycles. The zero-order valence-corrected chi connectivity index (χ0v) is 22.7. The van der Waals surface area contributed by atoms with Gasteiger partial charge in [0.25, 0.3) is 6.02 Å². The summed E-state index contributed by atoms with van der Waals surface area (Å²) in [5, 5.41) is 7.93. The third kappa shape index (κ3) is 4.65. The van der Waals surface area contributed by atoms with Crippen LogP contribution in [0.1, 0.15) is 71.0 Å². The Kier molecular flexibility index (Phi) is 6.49. The van der Waals surface area contributed by atoms with E-state index in [1.165, 1.54) is 21.7 Å². The van der Waals surface area contributed by atoms with Gasteiger partial charge in [-0.2, -0.15) is 4.99 Å². The molecule has 6 rings (SSSR count). The zero-order valence-electron chi connectivity index (χ0n) is 21.9. The predicted molar refractivity (Wildman–Crippen MR) is 149 cm³/mol. The van der Waals surface area contributed by atoms with Crippen LogP contribution in [0.15, 0.2) is 58.0 Å². The van der Waals surface area contributed by atoms with Gasteiger partial charge >= 0.3 is 0 Å². The fraction of sp³-hybridized carbons (Fsp3) is 0.433. The number of amidine groups is 1. The normalized spacial score (nSPS) is 22.1. The SMILES string of the molecule is COC(=Nc1cc(C)ccc1C)N1CCC(c2nc(C3=NOC4(CCCc5ccccc54)C3)cs2)CC1. The van der Waals surface area contributed by atoms with Crippen molar-refractivity contribution >= 4 is 28.8 Å². The Morgan fingerprint density at radius 3 is 2.84 bits per heavy atom. The molecular formula is C30H34N4O2S. The van der Waals surface area contributed by atoms with Gasteiger partial charge in [0, 0.05) is 36.4 Å². The van der Waals surface area contributed by atoms with Crippen molar-refractivity contribution in [1.29, 1.82) is 0 Å². The van der Waals surface area contributed by atoms with Crippen molar-refractivity contribution in [1.82, 2.24) is 9.88 Å². The highest BCUT2D eigenvalue weighted by atomic mass is 32.1. The molecule has 0 saturated carbocycles. The zero-order chi connectivity index (χ0) is 25.4. The van der Waals surface area contributed by atoms with Crippen LogP contribution in [0.2, 0.25) is 0 Å². The van der Waals surface area contributed by atoms with E-state index in [2.05, 4.69) is 71.7 Å². The van der Waals surface area contributed by atoms with E-state index in [4.69, 9.17) is 19.6 Å². The second-order valence-corrected chi connectivity index (χ2v) is 11.4. The minimum Gasteiger partial charge on any atom is -0.468 e. The van der Waals surface area contributed by atoms with Gasteiger partial charge in [0.1, 0.15) is 5.71 Å². The topological polar surface area (TPSA) is 59.3 Å². The summed E-state index contributed by atoms with van der Waals surface area (Å²) in [5.41, 5.74) is 7.69. The van der Waals surface area contributed by atoms with Crippen LogP contribution in [0.4, 0.5) is 5.69 Å². The molecule has 1 fully saturated rings. The number of hydrogen-bond donors (Lipinski definition) is 0. The number of hydrogen-bond acceptors (Lipinski definition) is 6. The molecule has 6 nitrogen and oxygen atoms in total. The molecule has 37 heavy (non-hydrogen) atoms. The third-order valence-electron chi connectivity index (χ3n) is 8.01. The second kappa shape index (κ2) is 9.93. The number of aryl methyl sites for hydroxylation is 3. The number of ether oxygens (including phenoxy) is 1. The highest BCUT2D eigenvalue weighted by Gasteiger charge is 2.44. The number of methoxy groups -OCH3 is 1. The van der Waals surface area contributed by atoms with Gasteiger partial charge in [-0.05, 0) is 68.7 Å². The first-order valence-corrected chi connectivity index (χ1v) is 14.2. The van der Waals surface area contributed by atoms with Gasteiger partial charge in [0.2, 0.25) is 0 Å². The van der Waals surface area contributed by atoms with Crippen LogP contribution < -0.4 is 0 Å². The van der Waals surface area contributed by atoms with Crippen molar-refractivity contribution in [2.75, 3.05) is 20.2 Å². The first kappa shape index (κ1) is 24.2. The van der Waals surface area contributed by atoms with Gasteiger partial charge in [0.05, 0.1) is 23.5 Å². The van der Waals surface area contributed by atoms with Crippen LogP contribution >= 0.6 is 11.3 Å². The minimum absolute atomic E-state index is 0.315. The van der Waals surface area contributed by atoms with Crippen molar-refractivity contribution in [3.63, 3.8) is 0 Å². The Bertz CT molecular complexity index is 1360. The number of benzene rings is 2. The van der Waals surface area contributed by atoms with E-state index in [1.54, 1.807) is 18.4 Å². The average Bonchev–Trinajstić information content (AvgIpc) is 3.58. The maximum atomic E-state index is 6.17. The summed E-state index contributed by atoms with van der Waals surface area (Å²) < 4.78 is 5.71. The number of fused-ring (bicyclic) bond motifs is 2. The molecule has 1 atom stereocenters. The van der Waals surface area contributed by atoms with E-state index in [9.17, 15) is 0 Å². The molecule has 1 spiro atoms. The standard InChI is InChI=1S/C30H34N4O2S/c1-20-10-11-21(2)25(17-20)32-29(35-3)34-15-12-23(13-16-34)28-31-27(19-37-28)26-18-30(36-33-26)14-6-8-22-7-4-5-9-24(22)30/h4-5,7,9-11,17,19,23H,6,8,12-16,18H2,1-3H3. The number of aliphatic imine (C=N–C) groups is 1. The largest absolute Gasteiger partial charge is 0.468 e. The summed E-state index contributed by atoms with van der Waals surface area (Å²) in [7, 11) is 1.71. The van der Waals surface area contributed by atoms with Crippen molar-refractivity contribution in [2.24, 2.45) is 10.1 Å². The van der Waals surface area contributed by atoms with Gasteiger partial charge in [-0.3, -0.25) is 0 Å². The average molecular weight is 515 g/mol. The summed E-state index contributed by atoms with van der Waals surface area (Å²) in [6, 6.07) is 15.7. The quantitative estimate of drug-likeness (QED) is 0.291. The molecule has 0 amide bonds. The summed E-state index contributed by atoms with van der Waals surface area (Å²) in [4.78, 5) is 18.3. The highest BCUT2D eigenvalue weighted by molar-refractivity contribution is 7.10. The fourth-order valence-corrected chi connectivity index (χ4v) is 6.89. The number of likely N-dealkylation sites (tertiary alicyclic amines) is 1. The van der Waals surface area contributed by atoms with Gasteiger partial charge < -0.3 is 14.5 Å². The Labute approximate surface area is 223 Å². The maximum absolute atomic E-state index is 6.17. The third-order valence-corrected chi connectivity index (χ3v) is 9.02. The van der Waals surface area contributed by atoms with Crippen LogP contribution in [-0.4, -0.2) is 41.8 Å². The molecule has 3 aromatic rings. The van der Waals surface area contributed by atoms with Crippen molar-refractivity contribution in [2.45, 2.75) is 63.9 Å². The molecule has 2 aromatic carbocycles. The summed E-state index contributed by atoms with van der Waals surface area (Å²) >= 11 is 1.76. The number of rotatable bonds is 3. The first-order chi connectivity index (χ1) is 18.0. The predicted octanol–water partition coefficient (Wildman–Crippen LogP) is 6.63. The Balaban J connectivity index is 1.12. The lowest BCUT2D eigenvalue weighted by molar-refractivity contribution is -0.0362. The van der Waals surface area contributed by atoms with Crippen LogP contribution in [-0.2, 0) is 21.6 Å². The van der Waals surface area contributed by atoms with Gasteiger partial charge in [-0.15, -0.1) is 11.3 Å². The van der Waals surface area contributed by atoms with Crippen LogP contribution in [0.25, 0.3) is 0 Å². The Hall–Kier alpha value is -3.19. The van der Waals surface area contributed by atoms with Crippen LogP contribution in [0.5, 0.6) is 0 Å². The van der Waals surface area contributed by atoms with Crippen LogP contribution in [0, 0.1) is 13.8 Å². The minimum atomic E-state index is -0.315. The molecule has 7 heteroatoms. The Morgan fingerprint density at radius 2 is 2.00 bits per heavy atom. The van der Waals surface area contributed by atoms with Crippen molar-refractivity contribution in [3.8, 4) is 0 Å². The molecule has 0 radical (unpaired) electrons. The number of piperidine rings is 1. The second-order valence-electron chi connectivity index (χ2n) is 10.5. The molecule has 1 aromatic heterocycles. The van der Waals surface area contributed by atoms with Gasteiger partial charge in [-0.25, -0.2) is 4.98 Å². The van der Waals surface area contributed by atoms with Crippen molar-refractivity contribution in [3.05, 3.63) is 80.8 Å². The Morgan fingerprint density at radius 1 is 1.16 bits per heavy atom. The number of nitrogens with zero attached hydrogens (tertiary/aromatic N) is 4. The highest BCUT2D eigenvalue weighted by Crippen LogP contribution is 2.45. The first-order valence-electron chi connectivity index (χ1n) is 13.3. The van der Waals surface area contributed by atoms with E-state index in [1.807, 2.05) is 0 Å². The molecular weight excluding hydrogens is 480 g/mol. The molecule has 1 unspecified atom stereocenters. The molecule has 2 aliphatic heterocycles. The van der Waals surface area contributed by atoms with E-state index in [0.717, 1.165) is 74.3 Å². The fourth-order valence-electron chi connectivity index (χ4n) is 5.89. The lowest BCUT2D eigenvalue weighted by Crippen LogP contribution is -2.38. The summed E-state index contributed by atoms with van der Waals surface area (Å²) in [6.45, 7) is 5.99. The number of aromatic nitrogens is 1. The molecule has 3 aliphatic rings. The lowest BCUT2D eigenvalue weighted by atomic mass is 9.76. The van der Waals surface area contributed by atoms with Gasteiger partial charge in [-0.1, -0.05) is 41.6 Å². The monoisotopic (exact) mass is 514 g/mol. The van der Waals surface area contributed by atoms with E-state index < -0.39 is 0 Å². The molecule has 0 N–H and O–H groups in total. The van der Waals surface area contributed by atoms with E-state index in [0.29, 0.717) is 11.9 Å². The number of thiazole rings is 1. The van der Waals surface area contributed by atoms with Crippen LogP contribution in [0.3, 0.4) is 0 Å². The number of oxime groups is 1. The maximum Gasteiger partial charge on any atom is 0.292 e. The van der Waals surface area contributed by atoms with Crippen molar-refractivity contribution < 1.29 is 9.57 Å². The van der Waals surface area contributed by atoms with E-state index >= 15 is 0 Å². The smallest absolute Gasteiger partial charge is 0.292 e. The lowest BCUT2D eigenvalue weighted by Gasteiger charge is -2.33. The molecule has 0 bridgehead atoms. The van der Waals surface area contributed by atoms with Gasteiger partial charge in [0.15, 0.2) is 5.60 Å². The molecule has 192 valence electrons.